The van der Waals surface area contributed by atoms with E-state index in [1.807, 2.05) is 6.92 Å². The minimum Gasteiger partial charge on any atom is -0.357 e. The maximum Gasteiger partial charge on any atom is 0.224 e. The first-order chi connectivity index (χ1) is 8.26. The third-order valence-electron chi connectivity index (χ3n) is 2.47. The Kier molecular flexibility index (Phi) is 3.91. The lowest BCUT2D eigenvalue weighted by molar-refractivity contribution is -0.00216. The fourth-order valence-electron chi connectivity index (χ4n) is 1.74. The Morgan fingerprint density at radius 2 is 2.24 bits per heavy atom. The molecule has 0 spiro atoms. The highest BCUT2D eigenvalue weighted by atomic mass is 35.5. The van der Waals surface area contributed by atoms with Gasteiger partial charge in [-0.15, -0.1) is 0 Å². The van der Waals surface area contributed by atoms with Gasteiger partial charge in [-0.1, -0.05) is 13.3 Å². The first-order valence-electron chi connectivity index (χ1n) is 5.73. The molecule has 6 heteroatoms. The molecule has 1 unspecified atom stereocenters. The van der Waals surface area contributed by atoms with Crippen LogP contribution < -0.4 is 0 Å². The second-order valence-electron chi connectivity index (χ2n) is 3.71. The molecule has 1 atom stereocenters. The van der Waals surface area contributed by atoms with Crippen LogP contribution in [0.15, 0.2) is 12.4 Å². The molecule has 0 saturated carbocycles. The van der Waals surface area contributed by atoms with Crippen LogP contribution in [0.1, 0.15) is 32.9 Å². The van der Waals surface area contributed by atoms with Gasteiger partial charge in [0.25, 0.3) is 0 Å². The molecule has 0 aliphatic heterocycles. The first kappa shape index (κ1) is 12.3. The van der Waals surface area contributed by atoms with Gasteiger partial charge in [0, 0.05) is 12.8 Å². The van der Waals surface area contributed by atoms with Gasteiger partial charge in [0.15, 0.2) is 11.9 Å². The van der Waals surface area contributed by atoms with Crippen LogP contribution in [0.4, 0.5) is 0 Å². The molecule has 2 aromatic heterocycles. The highest BCUT2D eigenvalue weighted by molar-refractivity contribution is 6.28. The third-order valence-corrected chi connectivity index (χ3v) is 2.65. The van der Waals surface area contributed by atoms with Gasteiger partial charge in [0.1, 0.15) is 0 Å². The van der Waals surface area contributed by atoms with Gasteiger partial charge in [-0.3, -0.25) is 0 Å². The largest absolute Gasteiger partial charge is 0.357 e. The normalized spacial score (nSPS) is 13.1. The van der Waals surface area contributed by atoms with E-state index in [0.717, 1.165) is 23.9 Å². The van der Waals surface area contributed by atoms with E-state index < -0.39 is 0 Å². The molecule has 0 aliphatic rings. The fourth-order valence-corrected chi connectivity index (χ4v) is 1.87. The molecule has 0 amide bonds. The zero-order chi connectivity index (χ0) is 12.3. The molecule has 0 aromatic carbocycles. The topological polar surface area (TPSA) is 52.8 Å². The van der Waals surface area contributed by atoms with E-state index in [1.165, 1.54) is 0 Å². The van der Waals surface area contributed by atoms with Crippen molar-refractivity contribution in [2.45, 2.75) is 32.9 Å². The average molecular weight is 255 g/mol. The van der Waals surface area contributed by atoms with Crippen molar-refractivity contribution in [2.75, 3.05) is 6.61 Å². The standard InChI is InChI=1S/C11H15ClN4O/c1-3-5-9(17-4-2)16-10-8(7-14-16)6-13-11(12)15-10/h6-7,9H,3-5H2,1-2H3. The number of hydrogen-bond donors (Lipinski definition) is 0. The van der Waals surface area contributed by atoms with Crippen molar-refractivity contribution in [3.63, 3.8) is 0 Å². The second-order valence-corrected chi connectivity index (χ2v) is 4.04. The van der Waals surface area contributed by atoms with Crippen molar-refractivity contribution in [3.05, 3.63) is 17.7 Å². The van der Waals surface area contributed by atoms with Crippen LogP contribution in [0.2, 0.25) is 5.28 Å². The third kappa shape index (κ3) is 2.56. The summed E-state index contributed by atoms with van der Waals surface area (Å²) in [7, 11) is 0. The summed E-state index contributed by atoms with van der Waals surface area (Å²) in [5, 5.41) is 5.40. The lowest BCUT2D eigenvalue weighted by atomic mass is 10.3. The smallest absolute Gasteiger partial charge is 0.224 e. The Balaban J connectivity index is 2.41. The number of fused-ring (bicyclic) bond motifs is 1. The van der Waals surface area contributed by atoms with E-state index in [9.17, 15) is 0 Å². The Hall–Kier alpha value is -1.20. The number of rotatable bonds is 5. The Morgan fingerprint density at radius 3 is 2.94 bits per heavy atom. The second kappa shape index (κ2) is 5.42. The number of ether oxygens (including phenoxy) is 1. The summed E-state index contributed by atoms with van der Waals surface area (Å²) < 4.78 is 7.45. The minimum atomic E-state index is -0.0894. The molecular weight excluding hydrogens is 240 g/mol. The molecular formula is C11H15ClN4O. The van der Waals surface area contributed by atoms with Crippen LogP contribution >= 0.6 is 11.6 Å². The summed E-state index contributed by atoms with van der Waals surface area (Å²) in [4.78, 5) is 8.13. The Morgan fingerprint density at radius 1 is 1.41 bits per heavy atom. The summed E-state index contributed by atoms with van der Waals surface area (Å²) in [6, 6.07) is 0. The van der Waals surface area contributed by atoms with Crippen molar-refractivity contribution < 1.29 is 4.74 Å². The van der Waals surface area contributed by atoms with Gasteiger partial charge < -0.3 is 4.74 Å². The minimum absolute atomic E-state index is 0.0894. The van der Waals surface area contributed by atoms with Crippen LogP contribution in [0.3, 0.4) is 0 Å². The highest BCUT2D eigenvalue weighted by Crippen LogP contribution is 2.21. The van der Waals surface area contributed by atoms with Crippen LogP contribution in [0, 0.1) is 0 Å². The maximum atomic E-state index is 5.80. The molecule has 2 rings (SSSR count). The lowest BCUT2D eigenvalue weighted by Gasteiger charge is -2.17. The molecule has 2 aromatic rings. The molecule has 2 heterocycles. The maximum absolute atomic E-state index is 5.80. The molecule has 0 saturated heterocycles. The van der Waals surface area contributed by atoms with E-state index in [0.29, 0.717) is 6.61 Å². The number of halogens is 1. The molecule has 0 N–H and O–H groups in total. The zero-order valence-electron chi connectivity index (χ0n) is 9.93. The van der Waals surface area contributed by atoms with Crippen molar-refractivity contribution in [1.29, 1.82) is 0 Å². The van der Waals surface area contributed by atoms with E-state index in [2.05, 4.69) is 22.0 Å². The van der Waals surface area contributed by atoms with E-state index in [1.54, 1.807) is 17.1 Å². The van der Waals surface area contributed by atoms with Crippen molar-refractivity contribution in [3.8, 4) is 0 Å². The van der Waals surface area contributed by atoms with Gasteiger partial charge in [-0.05, 0) is 24.9 Å². The molecule has 0 fully saturated rings. The van der Waals surface area contributed by atoms with Gasteiger partial charge >= 0.3 is 0 Å². The number of aromatic nitrogens is 4. The lowest BCUT2D eigenvalue weighted by Crippen LogP contribution is -2.14. The monoisotopic (exact) mass is 254 g/mol. The first-order valence-corrected chi connectivity index (χ1v) is 6.11. The SMILES string of the molecule is CCCC(OCC)n1ncc2cnc(Cl)nc21. The Bertz CT molecular complexity index is 493. The number of nitrogens with zero attached hydrogens (tertiary/aromatic N) is 4. The van der Waals surface area contributed by atoms with E-state index >= 15 is 0 Å². The Labute approximate surface area is 105 Å². The molecule has 92 valence electrons. The van der Waals surface area contributed by atoms with Gasteiger partial charge in [0.05, 0.1) is 11.6 Å². The predicted molar refractivity (Wildman–Crippen MR) is 65.9 cm³/mol. The quantitative estimate of drug-likeness (QED) is 0.770. The van der Waals surface area contributed by atoms with Crippen molar-refractivity contribution >= 4 is 22.6 Å². The van der Waals surface area contributed by atoms with Gasteiger partial charge in [-0.2, -0.15) is 10.1 Å². The summed E-state index contributed by atoms with van der Waals surface area (Å²) in [5.41, 5.74) is 0.719. The van der Waals surface area contributed by atoms with Gasteiger partial charge in [-0.25, -0.2) is 9.67 Å². The fraction of sp³-hybridized carbons (Fsp3) is 0.545. The average Bonchev–Trinajstić information content (AvgIpc) is 2.71. The predicted octanol–water partition coefficient (Wildman–Crippen LogP) is 2.81. The zero-order valence-corrected chi connectivity index (χ0v) is 10.7. The van der Waals surface area contributed by atoms with Crippen LogP contribution in [0.25, 0.3) is 11.0 Å². The number of hydrogen-bond acceptors (Lipinski definition) is 4. The molecule has 17 heavy (non-hydrogen) atoms. The van der Waals surface area contributed by atoms with Crippen LogP contribution in [0.5, 0.6) is 0 Å². The van der Waals surface area contributed by atoms with Crippen LogP contribution in [-0.4, -0.2) is 26.4 Å². The summed E-state index contributed by atoms with van der Waals surface area (Å²) >= 11 is 5.80. The molecule has 0 aliphatic carbocycles. The van der Waals surface area contributed by atoms with Crippen molar-refractivity contribution in [1.82, 2.24) is 19.7 Å². The van der Waals surface area contributed by atoms with E-state index in [-0.39, 0.29) is 11.5 Å². The summed E-state index contributed by atoms with van der Waals surface area (Å²) in [5.74, 6) is 0. The molecule has 0 bridgehead atoms. The molecule has 5 nitrogen and oxygen atoms in total. The summed E-state index contributed by atoms with van der Waals surface area (Å²) in [6.45, 7) is 4.72. The van der Waals surface area contributed by atoms with Gasteiger partial charge in [0.2, 0.25) is 5.28 Å². The van der Waals surface area contributed by atoms with Crippen LogP contribution in [-0.2, 0) is 4.74 Å². The van der Waals surface area contributed by atoms with E-state index in [4.69, 9.17) is 16.3 Å². The highest BCUT2D eigenvalue weighted by Gasteiger charge is 2.15. The molecule has 0 radical (unpaired) electrons. The summed E-state index contributed by atoms with van der Waals surface area (Å²) in [6.07, 6.45) is 5.22. The van der Waals surface area contributed by atoms with Crippen molar-refractivity contribution in [2.24, 2.45) is 0 Å².